The molecule has 1 saturated heterocycles. The summed E-state index contributed by atoms with van der Waals surface area (Å²) in [6, 6.07) is 0. The Morgan fingerprint density at radius 3 is 2.64 bits per heavy atom. The van der Waals surface area contributed by atoms with Crippen molar-refractivity contribution < 1.29 is 13.2 Å². The normalized spacial score (nSPS) is 25.2. The molecule has 1 aliphatic rings. The quantitative estimate of drug-likeness (QED) is 0.598. The molecular weight excluding hydrogens is 166 g/mol. The van der Waals surface area contributed by atoms with E-state index in [2.05, 4.69) is 5.32 Å². The molecule has 0 aliphatic carbocycles. The number of rotatable bonds is 2. The van der Waals surface area contributed by atoms with Gasteiger partial charge in [0.2, 0.25) is 5.91 Å². The highest BCUT2D eigenvalue weighted by molar-refractivity contribution is 7.90. The van der Waals surface area contributed by atoms with Gasteiger partial charge in [0.1, 0.15) is 9.84 Å². The smallest absolute Gasteiger partial charge is 0.220 e. The number of amides is 1. The molecule has 4 nitrogen and oxygen atoms in total. The van der Waals surface area contributed by atoms with Crippen LogP contribution in [-0.4, -0.2) is 32.9 Å². The van der Waals surface area contributed by atoms with Crippen molar-refractivity contribution in [3.05, 3.63) is 0 Å². The molecular formula is C6H11NO3S. The Hall–Kier alpha value is -0.580. The second-order valence-electron chi connectivity index (χ2n) is 2.97. The van der Waals surface area contributed by atoms with E-state index in [0.29, 0.717) is 13.0 Å². The first-order chi connectivity index (χ1) is 4.97. The average molecular weight is 177 g/mol. The lowest BCUT2D eigenvalue weighted by Crippen LogP contribution is -2.18. The van der Waals surface area contributed by atoms with Gasteiger partial charge in [0, 0.05) is 19.2 Å². The summed E-state index contributed by atoms with van der Waals surface area (Å²) in [5.74, 6) is 0.0577. The molecule has 0 saturated carbocycles. The summed E-state index contributed by atoms with van der Waals surface area (Å²) < 4.78 is 21.5. The highest BCUT2D eigenvalue weighted by atomic mass is 32.2. The van der Waals surface area contributed by atoms with Crippen LogP contribution in [0.1, 0.15) is 6.42 Å². The molecule has 1 unspecified atom stereocenters. The van der Waals surface area contributed by atoms with Crippen LogP contribution in [0.5, 0.6) is 0 Å². The van der Waals surface area contributed by atoms with Gasteiger partial charge in [-0.3, -0.25) is 4.79 Å². The molecule has 0 aromatic heterocycles. The predicted octanol–water partition coefficient (Wildman–Crippen LogP) is -0.833. The minimum Gasteiger partial charge on any atom is -0.356 e. The lowest BCUT2D eigenvalue weighted by molar-refractivity contribution is -0.119. The highest BCUT2D eigenvalue weighted by Crippen LogP contribution is 2.10. The monoisotopic (exact) mass is 177 g/mol. The maximum Gasteiger partial charge on any atom is 0.220 e. The van der Waals surface area contributed by atoms with E-state index in [4.69, 9.17) is 0 Å². The van der Waals surface area contributed by atoms with Gasteiger partial charge < -0.3 is 5.32 Å². The standard InChI is InChI=1S/C6H11NO3S/c1-11(9,10)4-5-2-6(8)7-3-5/h5H,2-4H2,1H3,(H,7,8). The van der Waals surface area contributed by atoms with Gasteiger partial charge in [0.25, 0.3) is 0 Å². The average Bonchev–Trinajstić information content (AvgIpc) is 2.10. The molecule has 1 heterocycles. The van der Waals surface area contributed by atoms with Gasteiger partial charge in [-0.2, -0.15) is 0 Å². The first kappa shape index (κ1) is 8.52. The summed E-state index contributed by atoms with van der Waals surface area (Å²) >= 11 is 0. The summed E-state index contributed by atoms with van der Waals surface area (Å²) in [5.41, 5.74) is 0. The van der Waals surface area contributed by atoms with Crippen LogP contribution in [-0.2, 0) is 14.6 Å². The molecule has 1 atom stereocenters. The highest BCUT2D eigenvalue weighted by Gasteiger charge is 2.24. The van der Waals surface area contributed by atoms with Crippen LogP contribution in [0.15, 0.2) is 0 Å². The van der Waals surface area contributed by atoms with Crippen molar-refractivity contribution in [3.8, 4) is 0 Å². The van der Waals surface area contributed by atoms with Crippen molar-refractivity contribution in [1.82, 2.24) is 5.32 Å². The van der Waals surface area contributed by atoms with Gasteiger partial charge in [-0.05, 0) is 5.92 Å². The SMILES string of the molecule is CS(=O)(=O)CC1CNC(=O)C1. The van der Waals surface area contributed by atoms with Crippen LogP contribution in [0.3, 0.4) is 0 Å². The summed E-state index contributed by atoms with van der Waals surface area (Å²) in [4.78, 5) is 10.6. The molecule has 0 aromatic rings. The van der Waals surface area contributed by atoms with Crippen molar-refractivity contribution in [1.29, 1.82) is 0 Å². The van der Waals surface area contributed by atoms with E-state index in [1.165, 1.54) is 6.26 Å². The summed E-state index contributed by atoms with van der Waals surface area (Å²) in [5, 5.41) is 2.59. The molecule has 1 fully saturated rings. The third kappa shape index (κ3) is 2.88. The maximum absolute atomic E-state index is 10.8. The van der Waals surface area contributed by atoms with Crippen molar-refractivity contribution in [2.45, 2.75) is 6.42 Å². The zero-order valence-electron chi connectivity index (χ0n) is 6.33. The Balaban J connectivity index is 2.47. The van der Waals surface area contributed by atoms with Crippen LogP contribution in [0, 0.1) is 5.92 Å². The molecule has 0 bridgehead atoms. The molecule has 1 N–H and O–H groups in total. The summed E-state index contributed by atoms with van der Waals surface area (Å²) in [6.45, 7) is 0.506. The van der Waals surface area contributed by atoms with Crippen LogP contribution >= 0.6 is 0 Å². The summed E-state index contributed by atoms with van der Waals surface area (Å²) in [6.07, 6.45) is 1.54. The Kier molecular flexibility index (Phi) is 2.17. The van der Waals surface area contributed by atoms with Gasteiger partial charge in [0.15, 0.2) is 0 Å². The van der Waals surface area contributed by atoms with Gasteiger partial charge >= 0.3 is 0 Å². The van der Waals surface area contributed by atoms with E-state index in [-0.39, 0.29) is 17.6 Å². The summed E-state index contributed by atoms with van der Waals surface area (Å²) in [7, 11) is -2.92. The van der Waals surface area contributed by atoms with Gasteiger partial charge in [-0.1, -0.05) is 0 Å². The number of carbonyl (C=O) groups excluding carboxylic acids is 1. The minimum absolute atomic E-state index is 0.0162. The molecule has 1 amide bonds. The lowest BCUT2D eigenvalue weighted by atomic mass is 10.1. The van der Waals surface area contributed by atoms with Crippen LogP contribution < -0.4 is 5.32 Å². The molecule has 1 aliphatic heterocycles. The van der Waals surface area contributed by atoms with Crippen molar-refractivity contribution in [2.75, 3.05) is 18.6 Å². The van der Waals surface area contributed by atoms with Gasteiger partial charge in [-0.15, -0.1) is 0 Å². The molecule has 0 spiro atoms. The third-order valence-electron chi connectivity index (χ3n) is 1.60. The van der Waals surface area contributed by atoms with E-state index < -0.39 is 9.84 Å². The van der Waals surface area contributed by atoms with E-state index in [1.807, 2.05) is 0 Å². The predicted molar refractivity (Wildman–Crippen MR) is 40.8 cm³/mol. The molecule has 11 heavy (non-hydrogen) atoms. The molecule has 0 aromatic carbocycles. The lowest BCUT2D eigenvalue weighted by Gasteiger charge is -2.02. The number of nitrogens with one attached hydrogen (secondary N) is 1. The van der Waals surface area contributed by atoms with Crippen molar-refractivity contribution in [3.63, 3.8) is 0 Å². The Morgan fingerprint density at radius 1 is 1.64 bits per heavy atom. The zero-order chi connectivity index (χ0) is 8.48. The van der Waals surface area contributed by atoms with Crippen molar-refractivity contribution >= 4 is 15.7 Å². The van der Waals surface area contributed by atoms with Crippen LogP contribution in [0.25, 0.3) is 0 Å². The van der Waals surface area contributed by atoms with Crippen LogP contribution in [0.4, 0.5) is 0 Å². The fourth-order valence-electron chi connectivity index (χ4n) is 1.21. The minimum atomic E-state index is -2.92. The molecule has 1 rings (SSSR count). The fourth-order valence-corrected chi connectivity index (χ4v) is 2.30. The molecule has 64 valence electrons. The van der Waals surface area contributed by atoms with Crippen molar-refractivity contribution in [2.24, 2.45) is 5.92 Å². The number of carbonyl (C=O) groups is 1. The van der Waals surface area contributed by atoms with E-state index in [0.717, 1.165) is 0 Å². The molecule has 5 heteroatoms. The van der Waals surface area contributed by atoms with Gasteiger partial charge in [-0.25, -0.2) is 8.42 Å². The second-order valence-corrected chi connectivity index (χ2v) is 5.15. The first-order valence-electron chi connectivity index (χ1n) is 3.42. The Bertz CT molecular complexity index is 257. The van der Waals surface area contributed by atoms with E-state index >= 15 is 0 Å². The Labute approximate surface area is 65.9 Å². The molecule has 0 radical (unpaired) electrons. The third-order valence-corrected chi connectivity index (χ3v) is 2.68. The maximum atomic E-state index is 10.8. The van der Waals surface area contributed by atoms with Crippen LogP contribution in [0.2, 0.25) is 0 Å². The number of hydrogen-bond donors (Lipinski definition) is 1. The zero-order valence-corrected chi connectivity index (χ0v) is 7.15. The largest absolute Gasteiger partial charge is 0.356 e. The number of sulfone groups is 1. The topological polar surface area (TPSA) is 63.2 Å². The number of hydrogen-bond acceptors (Lipinski definition) is 3. The fraction of sp³-hybridized carbons (Fsp3) is 0.833. The van der Waals surface area contributed by atoms with E-state index in [9.17, 15) is 13.2 Å². The van der Waals surface area contributed by atoms with Gasteiger partial charge in [0.05, 0.1) is 5.75 Å². The first-order valence-corrected chi connectivity index (χ1v) is 5.48. The van der Waals surface area contributed by atoms with E-state index in [1.54, 1.807) is 0 Å². The Morgan fingerprint density at radius 2 is 2.27 bits per heavy atom. The second kappa shape index (κ2) is 2.81.